The Hall–Kier alpha value is -1.19. The zero-order valence-electron chi connectivity index (χ0n) is 4.96. The van der Waals surface area contributed by atoms with Crippen LogP contribution >= 0.6 is 0 Å². The van der Waals surface area contributed by atoms with Crippen molar-refractivity contribution in [2.45, 2.75) is 6.54 Å². The summed E-state index contributed by atoms with van der Waals surface area (Å²) in [6.07, 6.45) is 0. The highest BCUT2D eigenvalue weighted by molar-refractivity contribution is 5.47. The molecule has 0 unspecified atom stereocenters. The SMILES string of the molecule is Nc1cc2n(n1)CCN2. The molecule has 0 fully saturated rings. The van der Waals surface area contributed by atoms with E-state index in [-0.39, 0.29) is 0 Å². The smallest absolute Gasteiger partial charge is 0.147 e. The number of nitrogen functional groups attached to an aromatic ring is 1. The van der Waals surface area contributed by atoms with Gasteiger partial charge in [-0.2, -0.15) is 5.10 Å². The summed E-state index contributed by atoms with van der Waals surface area (Å²) in [5, 5.41) is 7.16. The Morgan fingerprint density at radius 1 is 1.78 bits per heavy atom. The second kappa shape index (κ2) is 1.40. The summed E-state index contributed by atoms with van der Waals surface area (Å²) in [5.74, 6) is 1.63. The number of hydrogen-bond acceptors (Lipinski definition) is 3. The first-order valence-electron chi connectivity index (χ1n) is 2.93. The number of nitrogens with two attached hydrogens (primary N) is 1. The van der Waals surface area contributed by atoms with Gasteiger partial charge >= 0.3 is 0 Å². The lowest BCUT2D eigenvalue weighted by molar-refractivity contribution is 0.700. The zero-order chi connectivity index (χ0) is 6.27. The molecule has 0 aromatic carbocycles. The molecule has 9 heavy (non-hydrogen) atoms. The molecular weight excluding hydrogens is 116 g/mol. The Balaban J connectivity index is 2.51. The van der Waals surface area contributed by atoms with Crippen LogP contribution in [-0.4, -0.2) is 16.3 Å². The number of aromatic nitrogens is 2. The maximum absolute atomic E-state index is 5.42. The summed E-state index contributed by atoms with van der Waals surface area (Å²) in [4.78, 5) is 0. The lowest BCUT2D eigenvalue weighted by atomic mass is 10.6. The Morgan fingerprint density at radius 2 is 2.67 bits per heavy atom. The molecule has 2 rings (SSSR count). The molecular formula is C5H8N4. The highest BCUT2D eigenvalue weighted by Crippen LogP contribution is 2.15. The molecule has 1 aliphatic rings. The number of fused-ring (bicyclic) bond motifs is 1. The maximum Gasteiger partial charge on any atom is 0.147 e. The van der Waals surface area contributed by atoms with E-state index in [0.29, 0.717) is 5.82 Å². The van der Waals surface area contributed by atoms with E-state index in [1.165, 1.54) is 0 Å². The molecule has 0 spiro atoms. The fraction of sp³-hybridized carbons (Fsp3) is 0.400. The molecule has 0 bridgehead atoms. The first-order valence-corrected chi connectivity index (χ1v) is 2.93. The van der Waals surface area contributed by atoms with E-state index >= 15 is 0 Å². The maximum atomic E-state index is 5.42. The Bertz CT molecular complexity index is 205. The van der Waals surface area contributed by atoms with Gasteiger partial charge in [0.05, 0.1) is 6.54 Å². The zero-order valence-corrected chi connectivity index (χ0v) is 4.96. The quantitative estimate of drug-likeness (QED) is 0.507. The fourth-order valence-electron chi connectivity index (χ4n) is 1.04. The molecule has 3 N–H and O–H groups in total. The van der Waals surface area contributed by atoms with Gasteiger partial charge in [-0.25, -0.2) is 4.68 Å². The van der Waals surface area contributed by atoms with Gasteiger partial charge in [-0.15, -0.1) is 0 Å². The molecule has 48 valence electrons. The molecule has 0 saturated heterocycles. The van der Waals surface area contributed by atoms with E-state index in [2.05, 4.69) is 10.4 Å². The van der Waals surface area contributed by atoms with E-state index in [1.54, 1.807) is 0 Å². The van der Waals surface area contributed by atoms with Crippen molar-refractivity contribution in [1.82, 2.24) is 9.78 Å². The van der Waals surface area contributed by atoms with Crippen LogP contribution in [0.5, 0.6) is 0 Å². The van der Waals surface area contributed by atoms with E-state index < -0.39 is 0 Å². The molecule has 0 saturated carbocycles. The first-order chi connectivity index (χ1) is 4.36. The molecule has 0 radical (unpaired) electrons. The van der Waals surface area contributed by atoms with Gasteiger partial charge in [-0.3, -0.25) is 0 Å². The van der Waals surface area contributed by atoms with Crippen molar-refractivity contribution < 1.29 is 0 Å². The Labute approximate surface area is 52.7 Å². The van der Waals surface area contributed by atoms with Crippen LogP contribution in [-0.2, 0) is 6.54 Å². The number of nitrogens with one attached hydrogen (secondary N) is 1. The van der Waals surface area contributed by atoms with Crippen LogP contribution < -0.4 is 11.1 Å². The Morgan fingerprint density at radius 3 is 3.44 bits per heavy atom. The van der Waals surface area contributed by atoms with E-state index in [0.717, 1.165) is 18.9 Å². The van der Waals surface area contributed by atoms with Crippen molar-refractivity contribution in [1.29, 1.82) is 0 Å². The van der Waals surface area contributed by atoms with Gasteiger partial charge in [0.15, 0.2) is 0 Å². The number of nitrogens with zero attached hydrogens (tertiary/aromatic N) is 2. The minimum Gasteiger partial charge on any atom is -0.382 e. The van der Waals surface area contributed by atoms with Crippen LogP contribution in [0.3, 0.4) is 0 Å². The summed E-state index contributed by atoms with van der Waals surface area (Å²) in [7, 11) is 0. The third-order valence-corrected chi connectivity index (χ3v) is 1.43. The minimum atomic E-state index is 0.595. The van der Waals surface area contributed by atoms with Crippen molar-refractivity contribution in [3.8, 4) is 0 Å². The van der Waals surface area contributed by atoms with Gasteiger partial charge in [0.1, 0.15) is 11.6 Å². The second-order valence-corrected chi connectivity index (χ2v) is 2.10. The van der Waals surface area contributed by atoms with Crippen LogP contribution in [0.4, 0.5) is 11.6 Å². The molecule has 0 atom stereocenters. The van der Waals surface area contributed by atoms with Gasteiger partial charge in [0.2, 0.25) is 0 Å². The van der Waals surface area contributed by atoms with Crippen LogP contribution in [0, 0.1) is 0 Å². The third-order valence-electron chi connectivity index (χ3n) is 1.43. The monoisotopic (exact) mass is 124 g/mol. The molecule has 4 heteroatoms. The van der Waals surface area contributed by atoms with E-state index in [9.17, 15) is 0 Å². The fourth-order valence-corrected chi connectivity index (χ4v) is 1.04. The van der Waals surface area contributed by atoms with Gasteiger partial charge in [-0.1, -0.05) is 0 Å². The summed E-state index contributed by atoms with van der Waals surface area (Å²) in [6.45, 7) is 1.91. The van der Waals surface area contributed by atoms with Crippen molar-refractivity contribution in [3.05, 3.63) is 6.07 Å². The van der Waals surface area contributed by atoms with Crippen molar-refractivity contribution >= 4 is 11.6 Å². The molecule has 1 aromatic heterocycles. The normalized spacial score (nSPS) is 15.1. The topological polar surface area (TPSA) is 55.9 Å². The van der Waals surface area contributed by atoms with E-state index in [1.807, 2.05) is 10.7 Å². The summed E-state index contributed by atoms with van der Waals surface area (Å²) >= 11 is 0. The lowest BCUT2D eigenvalue weighted by Crippen LogP contribution is -1.97. The lowest BCUT2D eigenvalue weighted by Gasteiger charge is -1.86. The summed E-state index contributed by atoms with van der Waals surface area (Å²) in [5.41, 5.74) is 5.42. The molecule has 0 amide bonds. The highest BCUT2D eigenvalue weighted by Gasteiger charge is 2.09. The third kappa shape index (κ3) is 0.558. The first kappa shape index (κ1) is 4.67. The average Bonchev–Trinajstić information content (AvgIpc) is 2.22. The molecule has 1 aliphatic heterocycles. The van der Waals surface area contributed by atoms with Crippen molar-refractivity contribution in [3.63, 3.8) is 0 Å². The number of rotatable bonds is 0. The van der Waals surface area contributed by atoms with E-state index in [4.69, 9.17) is 5.73 Å². The van der Waals surface area contributed by atoms with Crippen molar-refractivity contribution in [2.24, 2.45) is 0 Å². The van der Waals surface area contributed by atoms with Crippen molar-refractivity contribution in [2.75, 3.05) is 17.6 Å². The summed E-state index contributed by atoms with van der Waals surface area (Å²) in [6, 6.07) is 1.84. The van der Waals surface area contributed by atoms with Crippen LogP contribution in [0.25, 0.3) is 0 Å². The minimum absolute atomic E-state index is 0.595. The molecule has 2 heterocycles. The van der Waals surface area contributed by atoms with Gasteiger partial charge in [0, 0.05) is 12.6 Å². The largest absolute Gasteiger partial charge is 0.382 e. The van der Waals surface area contributed by atoms with Gasteiger partial charge < -0.3 is 11.1 Å². The Kier molecular flexibility index (Phi) is 0.726. The number of anilines is 2. The number of hydrogen-bond donors (Lipinski definition) is 2. The standard InChI is InChI=1S/C5H8N4/c6-4-3-5-7-1-2-9(5)8-4/h3,7H,1-2H2,(H2,6,8). The van der Waals surface area contributed by atoms with Crippen LogP contribution in [0.2, 0.25) is 0 Å². The molecule has 0 aliphatic carbocycles. The predicted molar refractivity (Wildman–Crippen MR) is 35.1 cm³/mol. The second-order valence-electron chi connectivity index (χ2n) is 2.10. The van der Waals surface area contributed by atoms with Crippen LogP contribution in [0.1, 0.15) is 0 Å². The van der Waals surface area contributed by atoms with Gasteiger partial charge in [-0.05, 0) is 0 Å². The molecule has 4 nitrogen and oxygen atoms in total. The average molecular weight is 124 g/mol. The summed E-state index contributed by atoms with van der Waals surface area (Å²) < 4.78 is 1.87. The highest BCUT2D eigenvalue weighted by atomic mass is 15.4. The predicted octanol–water partition coefficient (Wildman–Crippen LogP) is -0.109. The van der Waals surface area contributed by atoms with Gasteiger partial charge in [0.25, 0.3) is 0 Å². The van der Waals surface area contributed by atoms with Crippen LogP contribution in [0.15, 0.2) is 6.07 Å². The molecule has 1 aromatic rings.